The fourth-order valence-electron chi connectivity index (χ4n) is 1.46. The molecule has 0 bridgehead atoms. The lowest BCUT2D eigenvalue weighted by Crippen LogP contribution is -2.48. The van der Waals surface area contributed by atoms with Crippen LogP contribution >= 0.6 is 0 Å². The number of nitrogens with zero attached hydrogens (tertiary/aromatic N) is 1. The molecule has 1 fully saturated rings. The first-order valence-corrected chi connectivity index (χ1v) is 5.90. The highest BCUT2D eigenvalue weighted by Crippen LogP contribution is 2.37. The van der Waals surface area contributed by atoms with E-state index in [1.807, 2.05) is 0 Å². The summed E-state index contributed by atoms with van der Waals surface area (Å²) >= 11 is 0. The van der Waals surface area contributed by atoms with Gasteiger partial charge in [-0.05, 0) is 18.8 Å². The molecule has 1 aliphatic carbocycles. The molecule has 0 aromatic rings. The summed E-state index contributed by atoms with van der Waals surface area (Å²) in [6.45, 7) is -0.0868. The van der Waals surface area contributed by atoms with Crippen LogP contribution in [0.4, 0.5) is 13.2 Å². The van der Waals surface area contributed by atoms with Crippen LogP contribution in [0.15, 0.2) is 0 Å². The molecule has 1 atom stereocenters. The molecule has 1 unspecified atom stereocenters. The number of sulfonamides is 1. The summed E-state index contributed by atoms with van der Waals surface area (Å²) in [5.41, 5.74) is 0.0351. The van der Waals surface area contributed by atoms with E-state index in [9.17, 15) is 21.6 Å². The molecular weight excluding hydrogens is 233 g/mol. The van der Waals surface area contributed by atoms with E-state index in [0.717, 1.165) is 19.9 Å². The third-order valence-electron chi connectivity index (χ3n) is 2.55. The Kier molecular flexibility index (Phi) is 3.32. The topological polar surface area (TPSA) is 63.4 Å². The zero-order valence-electron chi connectivity index (χ0n) is 8.16. The summed E-state index contributed by atoms with van der Waals surface area (Å²) in [6, 6.07) is -0.739. The highest BCUT2D eigenvalue weighted by molar-refractivity contribution is 7.90. The standard InChI is InChI=1S/C7H13F3N2O2S/c1-12(6(4-11)5-2-3-5)15(13,14)7(8,9)10/h5-6H,2-4,11H2,1H3. The highest BCUT2D eigenvalue weighted by atomic mass is 32.2. The largest absolute Gasteiger partial charge is 0.511 e. The van der Waals surface area contributed by atoms with Gasteiger partial charge in [0.25, 0.3) is 0 Å². The van der Waals surface area contributed by atoms with E-state index in [1.165, 1.54) is 0 Å². The first-order valence-electron chi connectivity index (χ1n) is 4.46. The maximum atomic E-state index is 12.2. The second-order valence-corrected chi connectivity index (χ2v) is 5.60. The zero-order chi connectivity index (χ0) is 11.9. The number of alkyl halides is 3. The maximum absolute atomic E-state index is 12.2. The summed E-state index contributed by atoms with van der Waals surface area (Å²) in [5.74, 6) is -0.0304. The van der Waals surface area contributed by atoms with Crippen molar-refractivity contribution >= 4 is 10.0 Å². The molecule has 1 aliphatic rings. The van der Waals surface area contributed by atoms with Gasteiger partial charge < -0.3 is 5.73 Å². The van der Waals surface area contributed by atoms with Crippen molar-refractivity contribution in [2.24, 2.45) is 11.7 Å². The van der Waals surface area contributed by atoms with Crippen LogP contribution < -0.4 is 5.73 Å². The van der Waals surface area contributed by atoms with Crippen molar-refractivity contribution in [2.75, 3.05) is 13.6 Å². The molecule has 0 heterocycles. The lowest BCUT2D eigenvalue weighted by atomic mass is 10.2. The lowest BCUT2D eigenvalue weighted by Gasteiger charge is -2.26. The van der Waals surface area contributed by atoms with Crippen LogP contribution in [0.5, 0.6) is 0 Å². The minimum Gasteiger partial charge on any atom is -0.329 e. The van der Waals surface area contributed by atoms with Crippen LogP contribution in [0.1, 0.15) is 12.8 Å². The quantitative estimate of drug-likeness (QED) is 0.786. The normalized spacial score (nSPS) is 20.7. The molecule has 0 amide bonds. The first kappa shape index (κ1) is 12.7. The number of likely N-dealkylation sites (N-methyl/N-ethyl adjacent to an activating group) is 1. The summed E-state index contributed by atoms with van der Waals surface area (Å²) in [7, 11) is -4.31. The SMILES string of the molecule is CN(C(CN)C1CC1)S(=O)(=O)C(F)(F)F. The van der Waals surface area contributed by atoms with Crippen LogP contribution in [0, 0.1) is 5.92 Å². The Hall–Kier alpha value is -0.340. The highest BCUT2D eigenvalue weighted by Gasteiger charge is 2.52. The van der Waals surface area contributed by atoms with E-state index in [0.29, 0.717) is 4.31 Å². The van der Waals surface area contributed by atoms with Crippen molar-refractivity contribution in [1.82, 2.24) is 4.31 Å². The Balaban J connectivity index is 2.86. The van der Waals surface area contributed by atoms with Crippen molar-refractivity contribution in [2.45, 2.75) is 24.4 Å². The van der Waals surface area contributed by atoms with Gasteiger partial charge in [0.15, 0.2) is 0 Å². The molecule has 1 rings (SSSR count). The van der Waals surface area contributed by atoms with Gasteiger partial charge >= 0.3 is 15.5 Å². The summed E-state index contributed by atoms with van der Waals surface area (Å²) < 4.78 is 59.0. The van der Waals surface area contributed by atoms with Crippen LogP contribution in [-0.4, -0.2) is 37.9 Å². The van der Waals surface area contributed by atoms with Gasteiger partial charge in [-0.1, -0.05) is 0 Å². The Morgan fingerprint density at radius 3 is 2.20 bits per heavy atom. The molecule has 2 N–H and O–H groups in total. The van der Waals surface area contributed by atoms with Crippen molar-refractivity contribution in [3.05, 3.63) is 0 Å². The predicted octanol–water partition coefficient (Wildman–Crippen LogP) is 0.505. The van der Waals surface area contributed by atoms with Gasteiger partial charge in [-0.15, -0.1) is 0 Å². The monoisotopic (exact) mass is 246 g/mol. The average Bonchev–Trinajstić information content (AvgIpc) is 2.87. The molecule has 15 heavy (non-hydrogen) atoms. The number of hydrogen-bond acceptors (Lipinski definition) is 3. The van der Waals surface area contributed by atoms with Crippen LogP contribution in [0.25, 0.3) is 0 Å². The number of halogens is 3. The second-order valence-electron chi connectivity index (χ2n) is 3.61. The molecule has 0 aromatic heterocycles. The van der Waals surface area contributed by atoms with Crippen LogP contribution in [-0.2, 0) is 10.0 Å². The third-order valence-corrected chi connectivity index (χ3v) is 4.16. The number of hydrogen-bond donors (Lipinski definition) is 1. The Morgan fingerprint density at radius 1 is 1.47 bits per heavy atom. The number of rotatable bonds is 4. The fourth-order valence-corrected chi connectivity index (χ4v) is 2.40. The van der Waals surface area contributed by atoms with Crippen molar-refractivity contribution < 1.29 is 21.6 Å². The van der Waals surface area contributed by atoms with Gasteiger partial charge in [0.1, 0.15) is 0 Å². The van der Waals surface area contributed by atoms with Crippen molar-refractivity contribution in [3.63, 3.8) is 0 Å². The molecule has 0 radical (unpaired) electrons. The van der Waals surface area contributed by atoms with Gasteiger partial charge in [0, 0.05) is 19.6 Å². The van der Waals surface area contributed by atoms with E-state index in [1.54, 1.807) is 0 Å². The first-order chi connectivity index (χ1) is 6.71. The summed E-state index contributed by atoms with van der Waals surface area (Å²) in [6.07, 6.45) is 1.47. The van der Waals surface area contributed by atoms with Crippen LogP contribution in [0.2, 0.25) is 0 Å². The predicted molar refractivity (Wildman–Crippen MR) is 48.3 cm³/mol. The molecule has 90 valence electrons. The van der Waals surface area contributed by atoms with E-state index in [4.69, 9.17) is 5.73 Å². The Labute approximate surface area is 86.3 Å². The van der Waals surface area contributed by atoms with Gasteiger partial charge in [0.05, 0.1) is 0 Å². The van der Waals surface area contributed by atoms with Gasteiger partial charge in [0.2, 0.25) is 0 Å². The van der Waals surface area contributed by atoms with Crippen LogP contribution in [0.3, 0.4) is 0 Å². The maximum Gasteiger partial charge on any atom is 0.511 e. The average molecular weight is 246 g/mol. The Bertz CT molecular complexity index is 324. The minimum atomic E-state index is -5.25. The molecule has 8 heteroatoms. The van der Waals surface area contributed by atoms with Gasteiger partial charge in [-0.3, -0.25) is 0 Å². The zero-order valence-corrected chi connectivity index (χ0v) is 8.98. The molecular formula is C7H13F3N2O2S. The van der Waals surface area contributed by atoms with E-state index >= 15 is 0 Å². The third kappa shape index (κ3) is 2.43. The fraction of sp³-hybridized carbons (Fsp3) is 1.00. The Morgan fingerprint density at radius 2 is 1.93 bits per heavy atom. The second kappa shape index (κ2) is 3.91. The molecule has 4 nitrogen and oxygen atoms in total. The van der Waals surface area contributed by atoms with Crippen molar-refractivity contribution in [3.8, 4) is 0 Å². The van der Waals surface area contributed by atoms with E-state index < -0.39 is 21.6 Å². The molecule has 0 aromatic carbocycles. The molecule has 0 aliphatic heterocycles. The van der Waals surface area contributed by atoms with E-state index in [2.05, 4.69) is 0 Å². The van der Waals surface area contributed by atoms with Crippen molar-refractivity contribution in [1.29, 1.82) is 0 Å². The van der Waals surface area contributed by atoms with E-state index in [-0.39, 0.29) is 12.5 Å². The summed E-state index contributed by atoms with van der Waals surface area (Å²) in [4.78, 5) is 0. The van der Waals surface area contributed by atoms with Gasteiger partial charge in [-0.2, -0.15) is 17.5 Å². The molecule has 1 saturated carbocycles. The minimum absolute atomic E-state index is 0.0304. The summed E-state index contributed by atoms with van der Waals surface area (Å²) in [5, 5.41) is 0. The molecule has 0 spiro atoms. The lowest BCUT2D eigenvalue weighted by molar-refractivity contribution is -0.0494. The van der Waals surface area contributed by atoms with Gasteiger partial charge in [-0.25, -0.2) is 8.42 Å². The number of nitrogens with two attached hydrogens (primary N) is 1. The smallest absolute Gasteiger partial charge is 0.329 e. The molecule has 0 saturated heterocycles.